The van der Waals surface area contributed by atoms with Crippen molar-refractivity contribution < 1.29 is 9.47 Å². The van der Waals surface area contributed by atoms with E-state index in [1.807, 2.05) is 10.6 Å². The number of aromatic nitrogens is 1. The fraction of sp³-hybridized carbons (Fsp3) is 0.531. The number of unbranched alkanes of at least 4 members (excludes halogenated alkanes) is 4. The van der Waals surface area contributed by atoms with Gasteiger partial charge >= 0.3 is 0 Å². The van der Waals surface area contributed by atoms with Crippen molar-refractivity contribution >= 4 is 16.6 Å². The average molecular weight is 509 g/mol. The summed E-state index contributed by atoms with van der Waals surface area (Å²) < 4.78 is 14.0. The fourth-order valence-electron chi connectivity index (χ4n) is 4.20. The van der Waals surface area contributed by atoms with E-state index in [1.165, 1.54) is 24.0 Å². The summed E-state index contributed by atoms with van der Waals surface area (Å²) in [7, 11) is 0. The van der Waals surface area contributed by atoms with Crippen LogP contribution in [0.25, 0.3) is 10.9 Å². The van der Waals surface area contributed by atoms with Crippen LogP contribution in [0.2, 0.25) is 0 Å². The van der Waals surface area contributed by atoms with E-state index in [0.717, 1.165) is 61.7 Å². The molecule has 0 amide bonds. The number of benzene rings is 1. The zero-order chi connectivity index (χ0) is 27.0. The maximum atomic E-state index is 13.6. The molecule has 1 N–H and O–H groups in total. The van der Waals surface area contributed by atoms with Crippen molar-refractivity contribution in [1.82, 2.24) is 4.57 Å². The first-order valence-corrected chi connectivity index (χ1v) is 14.0. The normalized spacial score (nSPS) is 11.4. The van der Waals surface area contributed by atoms with Crippen molar-refractivity contribution in [3.63, 3.8) is 0 Å². The first-order valence-electron chi connectivity index (χ1n) is 14.0. The molecule has 5 nitrogen and oxygen atoms in total. The monoisotopic (exact) mass is 508 g/mol. The third-order valence-electron chi connectivity index (χ3n) is 6.35. The van der Waals surface area contributed by atoms with Crippen molar-refractivity contribution in [2.75, 3.05) is 25.1 Å². The number of aryl methyl sites for hydroxylation is 1. The number of nitrogens with one attached hydrogen (secondary N) is 1. The van der Waals surface area contributed by atoms with Gasteiger partial charge in [-0.1, -0.05) is 75.5 Å². The van der Waals surface area contributed by atoms with Crippen LogP contribution in [-0.4, -0.2) is 24.3 Å². The van der Waals surface area contributed by atoms with Crippen molar-refractivity contribution in [3.8, 4) is 11.5 Å². The van der Waals surface area contributed by atoms with Gasteiger partial charge in [-0.25, -0.2) is 0 Å². The van der Waals surface area contributed by atoms with E-state index in [2.05, 4.69) is 70.8 Å². The summed E-state index contributed by atoms with van der Waals surface area (Å²) in [5.41, 5.74) is 4.45. The number of hydrogen-bond acceptors (Lipinski definition) is 4. The van der Waals surface area contributed by atoms with Gasteiger partial charge in [0.25, 0.3) is 5.56 Å². The molecule has 37 heavy (non-hydrogen) atoms. The summed E-state index contributed by atoms with van der Waals surface area (Å²) in [4.78, 5) is 13.6. The number of pyridine rings is 1. The van der Waals surface area contributed by atoms with Gasteiger partial charge in [0.2, 0.25) is 5.75 Å². The first kappa shape index (κ1) is 30.3. The SMILES string of the molecule is C=CCOc1c(OCCCCCC)c2ccc(NC/C=C(\C)CCC=C(C)C)cc2n(CCCC)c1=O. The molecule has 2 rings (SSSR count). The molecule has 1 aromatic carbocycles. The van der Waals surface area contributed by atoms with Crippen molar-refractivity contribution in [2.45, 2.75) is 92.5 Å². The zero-order valence-corrected chi connectivity index (χ0v) is 23.8. The number of hydrogen-bond donors (Lipinski definition) is 1. The number of ether oxygens (including phenoxy) is 2. The summed E-state index contributed by atoms with van der Waals surface area (Å²) in [6.07, 6.45) is 14.6. The van der Waals surface area contributed by atoms with Gasteiger partial charge in [0.15, 0.2) is 5.75 Å². The average Bonchev–Trinajstić information content (AvgIpc) is 2.87. The molecule has 0 radical (unpaired) electrons. The molecule has 0 aliphatic rings. The molecule has 0 atom stereocenters. The van der Waals surface area contributed by atoms with E-state index in [0.29, 0.717) is 18.9 Å². The molecular weight excluding hydrogens is 460 g/mol. The molecule has 0 unspecified atom stereocenters. The second-order valence-electron chi connectivity index (χ2n) is 9.96. The molecular formula is C32H48N2O3. The van der Waals surface area contributed by atoms with E-state index < -0.39 is 0 Å². The lowest BCUT2D eigenvalue weighted by molar-refractivity contribution is 0.276. The van der Waals surface area contributed by atoms with Crippen LogP contribution in [0.1, 0.15) is 86.0 Å². The van der Waals surface area contributed by atoms with Gasteiger partial charge in [0, 0.05) is 24.2 Å². The minimum Gasteiger partial charge on any atom is -0.489 e. The van der Waals surface area contributed by atoms with E-state index in [9.17, 15) is 4.79 Å². The Morgan fingerprint density at radius 3 is 2.49 bits per heavy atom. The predicted molar refractivity (Wildman–Crippen MR) is 159 cm³/mol. The van der Waals surface area contributed by atoms with Crippen LogP contribution in [0.3, 0.4) is 0 Å². The Hall–Kier alpha value is -2.95. The van der Waals surface area contributed by atoms with Gasteiger partial charge in [-0.3, -0.25) is 4.79 Å². The first-order chi connectivity index (χ1) is 17.9. The molecule has 1 heterocycles. The third kappa shape index (κ3) is 9.79. The summed E-state index contributed by atoms with van der Waals surface area (Å²) >= 11 is 0. The van der Waals surface area contributed by atoms with E-state index >= 15 is 0 Å². The van der Waals surface area contributed by atoms with Crippen LogP contribution >= 0.6 is 0 Å². The molecule has 0 spiro atoms. The number of allylic oxidation sites excluding steroid dienone is 3. The van der Waals surface area contributed by atoms with E-state index in [1.54, 1.807) is 6.08 Å². The number of nitrogens with zero attached hydrogens (tertiary/aromatic N) is 1. The Bertz CT molecular complexity index is 1110. The molecule has 5 heteroatoms. The van der Waals surface area contributed by atoms with Crippen LogP contribution in [0.15, 0.2) is 58.9 Å². The highest BCUT2D eigenvalue weighted by Crippen LogP contribution is 2.35. The highest BCUT2D eigenvalue weighted by molar-refractivity contribution is 5.90. The Balaban J connectivity index is 2.39. The minimum atomic E-state index is -0.140. The Labute approximate surface area is 224 Å². The molecule has 0 bridgehead atoms. The van der Waals surface area contributed by atoms with Crippen LogP contribution in [0.4, 0.5) is 5.69 Å². The molecule has 0 saturated carbocycles. The zero-order valence-electron chi connectivity index (χ0n) is 23.8. The second-order valence-corrected chi connectivity index (χ2v) is 9.96. The standard InChI is InChI=1S/C32H48N2O3/c1-7-10-12-13-23-37-30-28-18-17-27(33-20-19-26(6)16-14-15-25(4)5)24-29(28)34(21-11-8-2)32(35)31(30)36-22-9-3/h9,15,17-19,24,33H,3,7-8,10-14,16,20-23H2,1-2,4-6H3/b26-19+. The van der Waals surface area contributed by atoms with Gasteiger partial charge in [-0.05, 0) is 64.7 Å². The smallest absolute Gasteiger partial charge is 0.297 e. The van der Waals surface area contributed by atoms with Gasteiger partial charge in [-0.15, -0.1) is 0 Å². The highest BCUT2D eigenvalue weighted by Gasteiger charge is 2.20. The van der Waals surface area contributed by atoms with E-state index in [-0.39, 0.29) is 17.9 Å². The fourth-order valence-corrected chi connectivity index (χ4v) is 4.20. The Morgan fingerprint density at radius 1 is 1.00 bits per heavy atom. The summed E-state index contributed by atoms with van der Waals surface area (Å²) in [5.74, 6) is 0.835. The van der Waals surface area contributed by atoms with Gasteiger partial charge in [0.05, 0.1) is 12.1 Å². The molecule has 0 saturated heterocycles. The quantitative estimate of drug-likeness (QED) is 0.162. The summed E-state index contributed by atoms with van der Waals surface area (Å²) in [5, 5.41) is 4.42. The number of rotatable bonds is 18. The molecule has 0 aliphatic heterocycles. The summed E-state index contributed by atoms with van der Waals surface area (Å²) in [6, 6.07) is 6.18. The molecule has 204 valence electrons. The lowest BCUT2D eigenvalue weighted by Crippen LogP contribution is -2.24. The van der Waals surface area contributed by atoms with Crippen molar-refractivity contribution in [2.24, 2.45) is 0 Å². The van der Waals surface area contributed by atoms with Crippen LogP contribution in [0, 0.1) is 0 Å². The lowest BCUT2D eigenvalue weighted by Gasteiger charge is -2.19. The minimum absolute atomic E-state index is 0.140. The van der Waals surface area contributed by atoms with Crippen LogP contribution in [0.5, 0.6) is 11.5 Å². The molecule has 1 aromatic heterocycles. The van der Waals surface area contributed by atoms with Gasteiger partial charge < -0.3 is 19.4 Å². The lowest BCUT2D eigenvalue weighted by atomic mass is 10.1. The van der Waals surface area contributed by atoms with Gasteiger partial charge in [0.1, 0.15) is 6.61 Å². The largest absolute Gasteiger partial charge is 0.489 e. The predicted octanol–water partition coefficient (Wildman–Crippen LogP) is 8.43. The topological polar surface area (TPSA) is 52.5 Å². The molecule has 0 fully saturated rings. The van der Waals surface area contributed by atoms with Crippen LogP contribution < -0.4 is 20.3 Å². The van der Waals surface area contributed by atoms with Gasteiger partial charge in [-0.2, -0.15) is 0 Å². The Kier molecular flexibility index (Phi) is 13.7. The summed E-state index contributed by atoms with van der Waals surface area (Å²) in [6.45, 7) is 16.7. The highest BCUT2D eigenvalue weighted by atomic mass is 16.5. The van der Waals surface area contributed by atoms with Crippen molar-refractivity contribution in [3.05, 3.63) is 64.5 Å². The van der Waals surface area contributed by atoms with Crippen molar-refractivity contribution in [1.29, 1.82) is 0 Å². The molecule has 2 aromatic rings. The Morgan fingerprint density at radius 2 is 1.78 bits per heavy atom. The third-order valence-corrected chi connectivity index (χ3v) is 6.35. The molecule has 0 aliphatic carbocycles. The van der Waals surface area contributed by atoms with Crippen LogP contribution in [-0.2, 0) is 6.54 Å². The number of anilines is 1. The van der Waals surface area contributed by atoms with E-state index in [4.69, 9.17) is 9.47 Å². The maximum absolute atomic E-state index is 13.6. The number of fused-ring (bicyclic) bond motifs is 1. The second kappa shape index (κ2) is 16.7. The maximum Gasteiger partial charge on any atom is 0.297 e.